The fourth-order valence-electron chi connectivity index (χ4n) is 3.69. The molecule has 2 atom stereocenters. The molecule has 21 heavy (non-hydrogen) atoms. The molecule has 1 heterocycles. The van der Waals surface area contributed by atoms with Gasteiger partial charge in [-0.3, -0.25) is 4.79 Å². The summed E-state index contributed by atoms with van der Waals surface area (Å²) < 4.78 is 5.32. The van der Waals surface area contributed by atoms with Gasteiger partial charge in [0, 0.05) is 12.1 Å². The number of nitrogens with one attached hydrogen (secondary N) is 1. The molecule has 0 saturated heterocycles. The van der Waals surface area contributed by atoms with Gasteiger partial charge in [0.1, 0.15) is 5.75 Å². The lowest BCUT2D eigenvalue weighted by Gasteiger charge is -2.35. The molecule has 1 N–H and O–H groups in total. The predicted molar refractivity (Wildman–Crippen MR) is 83.0 cm³/mol. The molecule has 2 aliphatic rings. The van der Waals surface area contributed by atoms with E-state index in [-0.39, 0.29) is 5.91 Å². The number of carbonyl (C=O) groups excluding carboxylic acids is 1. The second kappa shape index (κ2) is 5.92. The number of carbonyl (C=O) groups is 1. The molecule has 0 spiro atoms. The highest BCUT2D eigenvalue weighted by atomic mass is 16.5. The van der Waals surface area contributed by atoms with E-state index in [4.69, 9.17) is 4.74 Å². The number of hydrogen-bond acceptors (Lipinski definition) is 2. The van der Waals surface area contributed by atoms with Gasteiger partial charge >= 0.3 is 0 Å². The number of benzene rings is 1. The van der Waals surface area contributed by atoms with Crippen molar-refractivity contribution in [2.75, 3.05) is 7.11 Å². The third kappa shape index (κ3) is 3.12. The number of allylic oxidation sites excluding steroid dienone is 2. The first-order valence-corrected chi connectivity index (χ1v) is 7.80. The van der Waals surface area contributed by atoms with Gasteiger partial charge in [-0.05, 0) is 60.8 Å². The Morgan fingerprint density at radius 1 is 1.33 bits per heavy atom. The van der Waals surface area contributed by atoms with Gasteiger partial charge < -0.3 is 10.1 Å². The van der Waals surface area contributed by atoms with Crippen LogP contribution in [-0.4, -0.2) is 13.0 Å². The third-order valence-corrected chi connectivity index (χ3v) is 4.65. The molecule has 3 heteroatoms. The van der Waals surface area contributed by atoms with Crippen LogP contribution in [0.1, 0.15) is 38.2 Å². The van der Waals surface area contributed by atoms with E-state index in [0.717, 1.165) is 25.0 Å². The maximum absolute atomic E-state index is 11.6. The van der Waals surface area contributed by atoms with Gasteiger partial charge in [0.05, 0.1) is 7.11 Å². The molecule has 1 amide bonds. The van der Waals surface area contributed by atoms with E-state index in [2.05, 4.69) is 30.4 Å². The van der Waals surface area contributed by atoms with Crippen LogP contribution in [0.5, 0.6) is 5.75 Å². The smallest absolute Gasteiger partial charge is 0.224 e. The molecule has 0 saturated carbocycles. The minimum atomic E-state index is 0.183. The Morgan fingerprint density at radius 2 is 2.19 bits per heavy atom. The van der Waals surface area contributed by atoms with Crippen molar-refractivity contribution < 1.29 is 9.53 Å². The highest BCUT2D eigenvalue weighted by Crippen LogP contribution is 2.39. The minimum Gasteiger partial charge on any atom is -0.497 e. The Morgan fingerprint density at radius 3 is 3.00 bits per heavy atom. The zero-order chi connectivity index (χ0) is 14.8. The summed E-state index contributed by atoms with van der Waals surface area (Å²) in [6.45, 7) is 2.28. The van der Waals surface area contributed by atoms with Crippen LogP contribution in [0.3, 0.4) is 0 Å². The lowest BCUT2D eigenvalue weighted by atomic mass is 9.74. The van der Waals surface area contributed by atoms with Crippen LogP contribution in [-0.2, 0) is 11.2 Å². The van der Waals surface area contributed by atoms with Crippen molar-refractivity contribution >= 4 is 5.91 Å². The number of methoxy groups -OCH3 is 1. The molecule has 3 nitrogen and oxygen atoms in total. The number of amides is 1. The van der Waals surface area contributed by atoms with E-state index in [0.29, 0.717) is 18.3 Å². The largest absolute Gasteiger partial charge is 0.497 e. The molecule has 112 valence electrons. The van der Waals surface area contributed by atoms with Crippen LogP contribution in [0.2, 0.25) is 0 Å². The second-order valence-electron chi connectivity index (χ2n) is 6.35. The van der Waals surface area contributed by atoms with Gasteiger partial charge in [-0.25, -0.2) is 0 Å². The molecule has 3 rings (SSSR count). The summed E-state index contributed by atoms with van der Waals surface area (Å²) in [5.74, 6) is 2.29. The monoisotopic (exact) mass is 285 g/mol. The first-order valence-electron chi connectivity index (χ1n) is 7.80. The SMILES string of the molecule is COc1cccc(C[C@@H]2C[C@@H](C)CC3=C2CCC(=O)N3)c1. The number of rotatable bonds is 3. The van der Waals surface area contributed by atoms with E-state index in [1.165, 1.54) is 23.3 Å². The van der Waals surface area contributed by atoms with Crippen molar-refractivity contribution in [2.24, 2.45) is 11.8 Å². The van der Waals surface area contributed by atoms with Crippen molar-refractivity contribution in [3.63, 3.8) is 0 Å². The third-order valence-electron chi connectivity index (χ3n) is 4.65. The molecule has 0 aromatic heterocycles. The predicted octanol–water partition coefficient (Wildman–Crippen LogP) is 3.45. The lowest BCUT2D eigenvalue weighted by molar-refractivity contribution is -0.121. The molecule has 0 bridgehead atoms. The fraction of sp³-hybridized carbons (Fsp3) is 0.500. The maximum atomic E-state index is 11.6. The minimum absolute atomic E-state index is 0.183. The Hall–Kier alpha value is -1.77. The van der Waals surface area contributed by atoms with E-state index in [1.54, 1.807) is 7.11 Å². The highest BCUT2D eigenvalue weighted by molar-refractivity contribution is 5.79. The van der Waals surface area contributed by atoms with Crippen LogP contribution in [0.15, 0.2) is 35.5 Å². The Labute approximate surface area is 126 Å². The first-order chi connectivity index (χ1) is 10.2. The van der Waals surface area contributed by atoms with Crippen molar-refractivity contribution in [2.45, 2.75) is 39.0 Å². The molecule has 0 fully saturated rings. The Kier molecular flexibility index (Phi) is 4.00. The second-order valence-corrected chi connectivity index (χ2v) is 6.35. The summed E-state index contributed by atoms with van der Waals surface area (Å²) in [5.41, 5.74) is 4.01. The summed E-state index contributed by atoms with van der Waals surface area (Å²) in [4.78, 5) is 11.6. The number of ether oxygens (including phenoxy) is 1. The first kappa shape index (κ1) is 14.2. The zero-order valence-corrected chi connectivity index (χ0v) is 12.8. The summed E-state index contributed by atoms with van der Waals surface area (Å²) >= 11 is 0. The maximum Gasteiger partial charge on any atom is 0.224 e. The Bertz CT molecular complexity index is 576. The van der Waals surface area contributed by atoms with Crippen LogP contribution in [0.25, 0.3) is 0 Å². The molecule has 1 aliphatic heterocycles. The van der Waals surface area contributed by atoms with E-state index in [1.807, 2.05) is 6.07 Å². The van der Waals surface area contributed by atoms with Crippen LogP contribution >= 0.6 is 0 Å². The van der Waals surface area contributed by atoms with Crippen molar-refractivity contribution in [3.05, 3.63) is 41.1 Å². The molecule has 1 aliphatic carbocycles. The standard InChI is InChI=1S/C18H23NO2/c1-12-8-14(10-13-4-3-5-15(11-13)21-2)16-6-7-18(20)19-17(16)9-12/h3-5,11-12,14H,6-10H2,1-2H3,(H,19,20)/t12-,14+/m1/s1. The normalized spacial score (nSPS) is 25.3. The van der Waals surface area contributed by atoms with Gasteiger partial charge in [0.15, 0.2) is 0 Å². The van der Waals surface area contributed by atoms with Crippen molar-refractivity contribution in [3.8, 4) is 5.75 Å². The van der Waals surface area contributed by atoms with Crippen molar-refractivity contribution in [1.29, 1.82) is 0 Å². The van der Waals surface area contributed by atoms with Gasteiger partial charge in [0.2, 0.25) is 5.91 Å². The number of hydrogen-bond donors (Lipinski definition) is 1. The van der Waals surface area contributed by atoms with E-state index in [9.17, 15) is 4.79 Å². The summed E-state index contributed by atoms with van der Waals surface area (Å²) in [6, 6.07) is 8.33. The molecule has 1 aromatic rings. The zero-order valence-electron chi connectivity index (χ0n) is 12.8. The summed E-state index contributed by atoms with van der Waals surface area (Å²) in [6.07, 6.45) is 4.85. The average molecular weight is 285 g/mol. The van der Waals surface area contributed by atoms with Gasteiger partial charge in [0.25, 0.3) is 0 Å². The van der Waals surface area contributed by atoms with E-state index < -0.39 is 0 Å². The quantitative estimate of drug-likeness (QED) is 0.923. The van der Waals surface area contributed by atoms with Crippen LogP contribution in [0, 0.1) is 11.8 Å². The molecular formula is C18H23NO2. The van der Waals surface area contributed by atoms with E-state index >= 15 is 0 Å². The Balaban J connectivity index is 1.83. The lowest BCUT2D eigenvalue weighted by Crippen LogP contribution is -2.34. The van der Waals surface area contributed by atoms with Gasteiger partial charge in [-0.15, -0.1) is 0 Å². The van der Waals surface area contributed by atoms with Crippen LogP contribution in [0.4, 0.5) is 0 Å². The molecular weight excluding hydrogens is 262 g/mol. The van der Waals surface area contributed by atoms with Gasteiger partial charge in [-0.2, -0.15) is 0 Å². The average Bonchev–Trinajstić information content (AvgIpc) is 2.46. The topological polar surface area (TPSA) is 38.3 Å². The molecule has 0 radical (unpaired) electrons. The molecule has 0 unspecified atom stereocenters. The summed E-state index contributed by atoms with van der Waals surface area (Å²) in [7, 11) is 1.71. The van der Waals surface area contributed by atoms with Gasteiger partial charge in [-0.1, -0.05) is 19.1 Å². The summed E-state index contributed by atoms with van der Waals surface area (Å²) in [5, 5.41) is 3.10. The van der Waals surface area contributed by atoms with Crippen molar-refractivity contribution in [1.82, 2.24) is 5.32 Å². The highest BCUT2D eigenvalue weighted by Gasteiger charge is 2.30. The van der Waals surface area contributed by atoms with Crippen LogP contribution < -0.4 is 10.1 Å². The fourth-order valence-corrected chi connectivity index (χ4v) is 3.69. The molecule has 1 aromatic carbocycles.